The SMILES string of the molecule is Cc1cccc(Nc2cc(C3CCCN(C(=O)C=Cc4cnc[nH]4)C3)ccn2)n1. The number of nitrogens with one attached hydrogen (secondary N) is 2. The largest absolute Gasteiger partial charge is 0.345 e. The highest BCUT2D eigenvalue weighted by atomic mass is 16.2. The number of amides is 1. The lowest BCUT2D eigenvalue weighted by Gasteiger charge is -2.32. The molecule has 1 saturated heterocycles. The van der Waals surface area contributed by atoms with E-state index in [0.717, 1.165) is 42.4 Å². The maximum absolute atomic E-state index is 12.6. The van der Waals surface area contributed by atoms with Gasteiger partial charge in [-0.25, -0.2) is 15.0 Å². The minimum atomic E-state index is 0.0284. The first-order valence-electron chi connectivity index (χ1n) is 9.79. The van der Waals surface area contributed by atoms with E-state index in [4.69, 9.17) is 0 Å². The first kappa shape index (κ1) is 18.9. The Kier molecular flexibility index (Phi) is 5.65. The molecule has 2 N–H and O–H groups in total. The van der Waals surface area contributed by atoms with Gasteiger partial charge in [0.25, 0.3) is 0 Å². The van der Waals surface area contributed by atoms with Crippen molar-refractivity contribution in [2.45, 2.75) is 25.7 Å². The zero-order valence-electron chi connectivity index (χ0n) is 16.4. The third-order valence-electron chi connectivity index (χ3n) is 5.06. The summed E-state index contributed by atoms with van der Waals surface area (Å²) >= 11 is 0. The van der Waals surface area contributed by atoms with E-state index >= 15 is 0 Å². The summed E-state index contributed by atoms with van der Waals surface area (Å²) < 4.78 is 0. The molecular formula is C22H24N6O. The maximum atomic E-state index is 12.6. The fraction of sp³-hybridized carbons (Fsp3) is 0.273. The lowest BCUT2D eigenvalue weighted by atomic mass is 9.91. The molecule has 7 nitrogen and oxygen atoms in total. The number of aromatic amines is 1. The Morgan fingerprint density at radius 3 is 3.07 bits per heavy atom. The van der Waals surface area contributed by atoms with E-state index in [9.17, 15) is 4.79 Å². The van der Waals surface area contributed by atoms with Gasteiger partial charge in [-0.15, -0.1) is 0 Å². The molecule has 3 aromatic heterocycles. The van der Waals surface area contributed by atoms with Crippen LogP contribution in [0.4, 0.5) is 11.6 Å². The van der Waals surface area contributed by atoms with Gasteiger partial charge in [0.05, 0.1) is 18.2 Å². The third-order valence-corrected chi connectivity index (χ3v) is 5.06. The van der Waals surface area contributed by atoms with E-state index in [-0.39, 0.29) is 5.91 Å². The van der Waals surface area contributed by atoms with E-state index in [2.05, 4.69) is 31.3 Å². The lowest BCUT2D eigenvalue weighted by Crippen LogP contribution is -2.38. The van der Waals surface area contributed by atoms with Gasteiger partial charge in [0.1, 0.15) is 11.6 Å². The van der Waals surface area contributed by atoms with Crippen LogP contribution < -0.4 is 5.32 Å². The minimum absolute atomic E-state index is 0.0284. The Morgan fingerprint density at radius 2 is 2.24 bits per heavy atom. The molecule has 1 unspecified atom stereocenters. The molecule has 148 valence electrons. The molecule has 0 bridgehead atoms. The number of pyridine rings is 2. The van der Waals surface area contributed by atoms with Crippen LogP contribution in [0.2, 0.25) is 0 Å². The molecule has 3 aromatic rings. The number of piperidine rings is 1. The molecule has 29 heavy (non-hydrogen) atoms. The fourth-order valence-corrected chi connectivity index (χ4v) is 3.59. The molecule has 7 heteroatoms. The Balaban J connectivity index is 1.43. The van der Waals surface area contributed by atoms with Crippen LogP contribution in [-0.4, -0.2) is 43.8 Å². The van der Waals surface area contributed by atoms with Crippen LogP contribution in [0.15, 0.2) is 55.1 Å². The predicted molar refractivity (Wildman–Crippen MR) is 113 cm³/mol. The van der Waals surface area contributed by atoms with Gasteiger partial charge < -0.3 is 15.2 Å². The molecule has 0 saturated carbocycles. The second kappa shape index (κ2) is 8.68. The molecule has 1 aliphatic heterocycles. The topological polar surface area (TPSA) is 86.8 Å². The Labute approximate surface area is 169 Å². The van der Waals surface area contributed by atoms with E-state index in [1.807, 2.05) is 42.3 Å². The zero-order valence-corrected chi connectivity index (χ0v) is 16.4. The average molecular weight is 388 g/mol. The zero-order chi connectivity index (χ0) is 20.1. The van der Waals surface area contributed by atoms with Crippen molar-refractivity contribution in [2.24, 2.45) is 0 Å². The molecule has 0 radical (unpaired) electrons. The summed E-state index contributed by atoms with van der Waals surface area (Å²) in [5.41, 5.74) is 2.96. The summed E-state index contributed by atoms with van der Waals surface area (Å²) in [5.74, 6) is 1.87. The number of aromatic nitrogens is 4. The highest BCUT2D eigenvalue weighted by Gasteiger charge is 2.24. The van der Waals surface area contributed by atoms with E-state index in [1.54, 1.807) is 24.7 Å². The monoisotopic (exact) mass is 388 g/mol. The molecular weight excluding hydrogens is 364 g/mol. The van der Waals surface area contributed by atoms with Gasteiger partial charge in [0.15, 0.2) is 0 Å². The number of carbonyl (C=O) groups is 1. The molecule has 0 aliphatic carbocycles. The summed E-state index contributed by atoms with van der Waals surface area (Å²) in [4.78, 5) is 30.3. The van der Waals surface area contributed by atoms with Crippen molar-refractivity contribution in [1.29, 1.82) is 0 Å². The molecule has 4 heterocycles. The smallest absolute Gasteiger partial charge is 0.246 e. The predicted octanol–water partition coefficient (Wildman–Crippen LogP) is 3.67. The van der Waals surface area contributed by atoms with Gasteiger partial charge >= 0.3 is 0 Å². The highest BCUT2D eigenvalue weighted by Crippen LogP contribution is 2.28. The van der Waals surface area contributed by atoms with Crippen molar-refractivity contribution in [3.63, 3.8) is 0 Å². The van der Waals surface area contributed by atoms with Crippen molar-refractivity contribution in [2.75, 3.05) is 18.4 Å². The number of imidazole rings is 1. The van der Waals surface area contributed by atoms with Gasteiger partial charge in [0, 0.05) is 37.0 Å². The number of rotatable bonds is 5. The molecule has 0 spiro atoms. The molecule has 1 atom stereocenters. The normalized spacial score (nSPS) is 16.9. The van der Waals surface area contributed by atoms with Crippen LogP contribution in [0.1, 0.15) is 35.7 Å². The quantitative estimate of drug-likeness (QED) is 0.651. The number of hydrogen-bond acceptors (Lipinski definition) is 5. The average Bonchev–Trinajstić information content (AvgIpc) is 3.26. The van der Waals surface area contributed by atoms with E-state index in [1.165, 1.54) is 5.56 Å². The van der Waals surface area contributed by atoms with Gasteiger partial charge in [-0.3, -0.25) is 4.79 Å². The van der Waals surface area contributed by atoms with Gasteiger partial charge in [-0.1, -0.05) is 6.07 Å². The van der Waals surface area contributed by atoms with Crippen molar-refractivity contribution in [1.82, 2.24) is 24.8 Å². The number of aryl methyl sites for hydroxylation is 1. The molecule has 1 amide bonds. The molecule has 1 fully saturated rings. The van der Waals surface area contributed by atoms with Gasteiger partial charge in [-0.2, -0.15) is 0 Å². The number of nitrogens with zero attached hydrogens (tertiary/aromatic N) is 4. The summed E-state index contributed by atoms with van der Waals surface area (Å²) in [6.07, 6.45) is 10.5. The minimum Gasteiger partial charge on any atom is -0.345 e. The van der Waals surface area contributed by atoms with Crippen LogP contribution in [-0.2, 0) is 4.79 Å². The first-order chi connectivity index (χ1) is 14.2. The second-order valence-corrected chi connectivity index (χ2v) is 7.23. The summed E-state index contributed by atoms with van der Waals surface area (Å²) in [6, 6.07) is 9.95. The van der Waals surface area contributed by atoms with Crippen molar-refractivity contribution in [3.8, 4) is 0 Å². The van der Waals surface area contributed by atoms with Crippen LogP contribution in [0.5, 0.6) is 0 Å². The van der Waals surface area contributed by atoms with Crippen molar-refractivity contribution >= 4 is 23.6 Å². The van der Waals surface area contributed by atoms with Gasteiger partial charge in [-0.05, 0) is 55.7 Å². The van der Waals surface area contributed by atoms with Crippen LogP contribution >= 0.6 is 0 Å². The van der Waals surface area contributed by atoms with Crippen LogP contribution in [0.3, 0.4) is 0 Å². The Hall–Kier alpha value is -3.48. The second-order valence-electron chi connectivity index (χ2n) is 7.23. The highest BCUT2D eigenvalue weighted by molar-refractivity contribution is 5.91. The Bertz CT molecular complexity index is 998. The number of hydrogen-bond donors (Lipinski definition) is 2. The number of anilines is 2. The number of H-pyrrole nitrogens is 1. The third kappa shape index (κ3) is 4.87. The molecule has 1 aliphatic rings. The standard InChI is InChI=1S/C22H24N6O/c1-16-4-2-6-20(26-16)27-21-12-17(9-10-24-21)18-5-3-11-28(14-18)22(29)8-7-19-13-23-15-25-19/h2,4,6-10,12-13,15,18H,3,5,11,14H2,1H3,(H,23,25)(H,24,26,27). The summed E-state index contributed by atoms with van der Waals surface area (Å²) in [7, 11) is 0. The number of likely N-dealkylation sites (tertiary alicyclic amines) is 1. The first-order valence-corrected chi connectivity index (χ1v) is 9.79. The summed E-state index contributed by atoms with van der Waals surface area (Å²) in [6.45, 7) is 3.45. The molecule has 4 rings (SSSR count). The van der Waals surface area contributed by atoms with E-state index in [0.29, 0.717) is 12.5 Å². The van der Waals surface area contributed by atoms with Crippen molar-refractivity contribution < 1.29 is 4.79 Å². The molecule has 0 aromatic carbocycles. The number of carbonyl (C=O) groups excluding carboxylic acids is 1. The van der Waals surface area contributed by atoms with E-state index < -0.39 is 0 Å². The van der Waals surface area contributed by atoms with Crippen molar-refractivity contribution in [3.05, 3.63) is 72.1 Å². The Morgan fingerprint density at radius 1 is 1.31 bits per heavy atom. The lowest BCUT2D eigenvalue weighted by molar-refractivity contribution is -0.127. The van der Waals surface area contributed by atoms with Gasteiger partial charge in [0.2, 0.25) is 5.91 Å². The van der Waals surface area contributed by atoms with Crippen LogP contribution in [0, 0.1) is 6.92 Å². The summed E-state index contributed by atoms with van der Waals surface area (Å²) in [5, 5.41) is 3.27. The van der Waals surface area contributed by atoms with Crippen LogP contribution in [0.25, 0.3) is 6.08 Å². The maximum Gasteiger partial charge on any atom is 0.246 e. The fourth-order valence-electron chi connectivity index (χ4n) is 3.59.